The van der Waals surface area contributed by atoms with Crippen molar-refractivity contribution in [3.63, 3.8) is 0 Å². The molecular formula is C14H15N3O2S. The lowest BCUT2D eigenvalue weighted by atomic mass is 10.0. The van der Waals surface area contributed by atoms with Crippen LogP contribution in [0.25, 0.3) is 10.6 Å². The van der Waals surface area contributed by atoms with Crippen LogP contribution >= 0.6 is 11.3 Å². The average molecular weight is 289 g/mol. The molecule has 1 aliphatic rings. The molecule has 0 bridgehead atoms. The number of nitrogens with zero attached hydrogens (tertiary/aromatic N) is 1. The van der Waals surface area contributed by atoms with Gasteiger partial charge in [-0.05, 0) is 24.3 Å². The minimum atomic E-state index is -0.270. The summed E-state index contributed by atoms with van der Waals surface area (Å²) in [4.78, 5) is 16.3. The highest BCUT2D eigenvalue weighted by Gasteiger charge is 2.31. The van der Waals surface area contributed by atoms with Gasteiger partial charge in [0, 0.05) is 28.9 Å². The second-order valence-electron chi connectivity index (χ2n) is 4.71. The quantitative estimate of drug-likeness (QED) is 0.902. The standard InChI is InChI=1S/C14H15N3O2S/c15-12-8-19-7-11(12)13(18)17-10-3-1-9(2-4-10)14-16-5-6-20-14/h1-6,11-12H,7-8,15H2,(H,17,18). The van der Waals surface area contributed by atoms with E-state index in [2.05, 4.69) is 10.3 Å². The highest BCUT2D eigenvalue weighted by atomic mass is 32.1. The van der Waals surface area contributed by atoms with Gasteiger partial charge < -0.3 is 15.8 Å². The Bertz CT molecular complexity index is 583. The Labute approximate surface area is 120 Å². The molecule has 0 radical (unpaired) electrons. The van der Waals surface area contributed by atoms with Crippen LogP contribution in [0.15, 0.2) is 35.8 Å². The van der Waals surface area contributed by atoms with Crippen LogP contribution in [0, 0.1) is 5.92 Å². The van der Waals surface area contributed by atoms with Crippen molar-refractivity contribution in [3.8, 4) is 10.6 Å². The summed E-state index contributed by atoms with van der Waals surface area (Å²) in [7, 11) is 0. The number of rotatable bonds is 3. The summed E-state index contributed by atoms with van der Waals surface area (Å²) in [6.45, 7) is 0.839. The lowest BCUT2D eigenvalue weighted by Gasteiger charge is -2.13. The molecule has 1 saturated heterocycles. The minimum absolute atomic E-state index is 0.0861. The first kappa shape index (κ1) is 13.2. The monoisotopic (exact) mass is 289 g/mol. The van der Waals surface area contributed by atoms with Crippen LogP contribution in [-0.4, -0.2) is 30.1 Å². The summed E-state index contributed by atoms with van der Waals surface area (Å²) >= 11 is 1.58. The number of carbonyl (C=O) groups is 1. The van der Waals surface area contributed by atoms with Gasteiger partial charge in [0.15, 0.2) is 0 Å². The molecule has 0 aliphatic carbocycles. The third kappa shape index (κ3) is 2.72. The molecule has 1 aromatic carbocycles. The van der Waals surface area contributed by atoms with Crippen LogP contribution in [0.5, 0.6) is 0 Å². The molecule has 2 unspecified atom stereocenters. The summed E-state index contributed by atoms with van der Waals surface area (Å²) in [6.07, 6.45) is 1.77. The highest BCUT2D eigenvalue weighted by molar-refractivity contribution is 7.13. The summed E-state index contributed by atoms with van der Waals surface area (Å²) in [5.41, 5.74) is 7.63. The number of amides is 1. The van der Waals surface area contributed by atoms with Gasteiger partial charge >= 0.3 is 0 Å². The zero-order chi connectivity index (χ0) is 13.9. The van der Waals surface area contributed by atoms with E-state index in [1.54, 1.807) is 17.5 Å². The highest BCUT2D eigenvalue weighted by Crippen LogP contribution is 2.23. The number of nitrogens with one attached hydrogen (secondary N) is 1. The molecule has 2 aromatic rings. The predicted octanol–water partition coefficient (Wildman–Crippen LogP) is 1.72. The first-order chi connectivity index (χ1) is 9.74. The molecule has 1 fully saturated rings. The van der Waals surface area contributed by atoms with Gasteiger partial charge in [-0.15, -0.1) is 11.3 Å². The van der Waals surface area contributed by atoms with Gasteiger partial charge in [-0.1, -0.05) is 0 Å². The van der Waals surface area contributed by atoms with Gasteiger partial charge in [-0.2, -0.15) is 0 Å². The Morgan fingerprint density at radius 3 is 2.75 bits per heavy atom. The zero-order valence-electron chi connectivity index (χ0n) is 10.8. The lowest BCUT2D eigenvalue weighted by molar-refractivity contribution is -0.120. The number of thiazole rings is 1. The number of anilines is 1. The average Bonchev–Trinajstić information content (AvgIpc) is 3.10. The fourth-order valence-electron chi connectivity index (χ4n) is 2.14. The summed E-state index contributed by atoms with van der Waals surface area (Å²) in [6, 6.07) is 7.41. The van der Waals surface area contributed by atoms with Crippen molar-refractivity contribution in [2.24, 2.45) is 11.7 Å². The Morgan fingerprint density at radius 2 is 2.15 bits per heavy atom. The topological polar surface area (TPSA) is 77.2 Å². The zero-order valence-corrected chi connectivity index (χ0v) is 11.6. The maximum absolute atomic E-state index is 12.1. The van der Waals surface area contributed by atoms with Crippen molar-refractivity contribution >= 4 is 22.9 Å². The van der Waals surface area contributed by atoms with E-state index in [9.17, 15) is 4.79 Å². The largest absolute Gasteiger partial charge is 0.379 e. The SMILES string of the molecule is NC1COCC1C(=O)Nc1ccc(-c2nccs2)cc1. The fourth-order valence-corrected chi connectivity index (χ4v) is 2.78. The number of aromatic nitrogens is 1. The molecule has 5 nitrogen and oxygen atoms in total. The first-order valence-electron chi connectivity index (χ1n) is 6.38. The molecule has 0 saturated carbocycles. The molecule has 20 heavy (non-hydrogen) atoms. The molecule has 104 valence electrons. The molecule has 0 spiro atoms. The van der Waals surface area contributed by atoms with Gasteiger partial charge in [0.25, 0.3) is 0 Å². The van der Waals surface area contributed by atoms with Crippen molar-refractivity contribution in [2.75, 3.05) is 18.5 Å². The Balaban J connectivity index is 1.68. The molecule has 1 aromatic heterocycles. The predicted molar refractivity (Wildman–Crippen MR) is 78.5 cm³/mol. The van der Waals surface area contributed by atoms with Gasteiger partial charge in [0.05, 0.1) is 19.1 Å². The molecule has 1 aliphatic heterocycles. The van der Waals surface area contributed by atoms with Gasteiger partial charge in [-0.25, -0.2) is 4.98 Å². The number of nitrogens with two attached hydrogens (primary N) is 1. The van der Waals surface area contributed by atoms with E-state index in [-0.39, 0.29) is 17.9 Å². The molecule has 3 N–H and O–H groups in total. The summed E-state index contributed by atoms with van der Waals surface area (Å²) in [5.74, 6) is -0.356. The number of hydrogen-bond acceptors (Lipinski definition) is 5. The summed E-state index contributed by atoms with van der Waals surface area (Å²) < 4.78 is 5.20. The Morgan fingerprint density at radius 1 is 1.35 bits per heavy atom. The van der Waals surface area contributed by atoms with Crippen LogP contribution in [0.3, 0.4) is 0 Å². The van der Waals surface area contributed by atoms with E-state index in [0.29, 0.717) is 13.2 Å². The van der Waals surface area contributed by atoms with Crippen LogP contribution in [0.4, 0.5) is 5.69 Å². The van der Waals surface area contributed by atoms with Crippen molar-refractivity contribution in [1.82, 2.24) is 4.98 Å². The smallest absolute Gasteiger partial charge is 0.231 e. The van der Waals surface area contributed by atoms with E-state index in [4.69, 9.17) is 10.5 Å². The minimum Gasteiger partial charge on any atom is -0.379 e. The molecule has 3 rings (SSSR count). The third-order valence-electron chi connectivity index (χ3n) is 3.29. The molecule has 6 heteroatoms. The van der Waals surface area contributed by atoms with E-state index in [0.717, 1.165) is 16.3 Å². The number of ether oxygens (including phenoxy) is 1. The molecule has 1 amide bonds. The lowest BCUT2D eigenvalue weighted by Crippen LogP contribution is -2.37. The van der Waals surface area contributed by atoms with Gasteiger partial charge in [-0.3, -0.25) is 4.79 Å². The first-order valence-corrected chi connectivity index (χ1v) is 7.26. The van der Waals surface area contributed by atoms with Crippen molar-refractivity contribution in [2.45, 2.75) is 6.04 Å². The van der Waals surface area contributed by atoms with Crippen LogP contribution < -0.4 is 11.1 Å². The van der Waals surface area contributed by atoms with Gasteiger partial charge in [0.1, 0.15) is 5.01 Å². The fraction of sp³-hybridized carbons (Fsp3) is 0.286. The van der Waals surface area contributed by atoms with E-state index in [1.807, 2.05) is 29.6 Å². The normalized spacial score (nSPS) is 21.9. The second kappa shape index (κ2) is 5.70. The van der Waals surface area contributed by atoms with Crippen molar-refractivity contribution < 1.29 is 9.53 Å². The Hall–Kier alpha value is -1.76. The Kier molecular flexibility index (Phi) is 3.77. The van der Waals surface area contributed by atoms with Gasteiger partial charge in [0.2, 0.25) is 5.91 Å². The maximum Gasteiger partial charge on any atom is 0.231 e. The van der Waals surface area contributed by atoms with Crippen LogP contribution in [0.1, 0.15) is 0 Å². The van der Waals surface area contributed by atoms with Crippen LogP contribution in [-0.2, 0) is 9.53 Å². The van der Waals surface area contributed by atoms with Crippen molar-refractivity contribution in [3.05, 3.63) is 35.8 Å². The third-order valence-corrected chi connectivity index (χ3v) is 4.12. The number of hydrogen-bond donors (Lipinski definition) is 2. The van der Waals surface area contributed by atoms with E-state index >= 15 is 0 Å². The van der Waals surface area contributed by atoms with Crippen LogP contribution in [0.2, 0.25) is 0 Å². The number of benzene rings is 1. The number of carbonyl (C=O) groups excluding carboxylic acids is 1. The van der Waals surface area contributed by atoms with E-state index < -0.39 is 0 Å². The van der Waals surface area contributed by atoms with Crippen molar-refractivity contribution in [1.29, 1.82) is 0 Å². The summed E-state index contributed by atoms with van der Waals surface area (Å²) in [5, 5.41) is 5.77. The molecule has 2 heterocycles. The molecular weight excluding hydrogens is 274 g/mol. The second-order valence-corrected chi connectivity index (χ2v) is 5.61. The molecule has 2 atom stereocenters. The van der Waals surface area contributed by atoms with E-state index in [1.165, 1.54) is 0 Å². The maximum atomic E-state index is 12.1.